The van der Waals surface area contributed by atoms with E-state index in [1.807, 2.05) is 6.07 Å². The van der Waals surface area contributed by atoms with Gasteiger partial charge < -0.3 is 5.11 Å². The van der Waals surface area contributed by atoms with Gasteiger partial charge in [-0.2, -0.15) is 0 Å². The number of aryl methyl sites for hydroxylation is 1. The van der Waals surface area contributed by atoms with Crippen molar-refractivity contribution < 1.29 is 9.50 Å². The van der Waals surface area contributed by atoms with Crippen LogP contribution in [0.4, 0.5) is 4.39 Å². The lowest BCUT2D eigenvalue weighted by Gasteiger charge is -2.28. The summed E-state index contributed by atoms with van der Waals surface area (Å²) in [6.07, 6.45) is 2.94. The van der Waals surface area contributed by atoms with Crippen LogP contribution in [0, 0.1) is 0 Å². The van der Waals surface area contributed by atoms with E-state index in [9.17, 15) is 9.50 Å². The highest BCUT2D eigenvalue weighted by Crippen LogP contribution is 2.39. The molecule has 0 fully saturated rings. The van der Waals surface area contributed by atoms with E-state index >= 15 is 0 Å². The lowest BCUT2D eigenvalue weighted by atomic mass is 9.78. The first-order valence-corrected chi connectivity index (χ1v) is 6.05. The second kappa shape index (κ2) is 4.44. The average Bonchev–Trinajstić information content (AvgIpc) is 2.26. The Kier molecular flexibility index (Phi) is 3.17. The Morgan fingerprint density at radius 2 is 2.19 bits per heavy atom. The zero-order valence-electron chi connectivity index (χ0n) is 9.96. The van der Waals surface area contributed by atoms with Crippen molar-refractivity contribution in [3.63, 3.8) is 0 Å². The third-order valence-electron chi connectivity index (χ3n) is 3.50. The molecular weight excluding hydrogens is 203 g/mol. The molecule has 1 aromatic carbocycles. The zero-order valence-corrected chi connectivity index (χ0v) is 9.96. The first-order valence-electron chi connectivity index (χ1n) is 6.05. The van der Waals surface area contributed by atoms with Crippen molar-refractivity contribution in [2.45, 2.75) is 44.9 Å². The Morgan fingerprint density at radius 1 is 1.44 bits per heavy atom. The molecule has 2 heteroatoms. The van der Waals surface area contributed by atoms with Gasteiger partial charge in [-0.1, -0.05) is 13.8 Å². The maximum Gasteiger partial charge on any atom is 0.116 e. The van der Waals surface area contributed by atoms with Crippen LogP contribution in [-0.4, -0.2) is 11.8 Å². The quantitative estimate of drug-likeness (QED) is 0.804. The first kappa shape index (κ1) is 11.4. The normalized spacial score (nSPS) is 19.9. The number of rotatable bonds is 2. The Balaban J connectivity index is 2.56. The Morgan fingerprint density at radius 3 is 2.81 bits per heavy atom. The molecule has 16 heavy (non-hydrogen) atoms. The lowest BCUT2D eigenvalue weighted by molar-refractivity contribution is 0.392. The number of phenolic OH excluding ortho intramolecular Hbond substituents is 1. The fraction of sp³-hybridized carbons (Fsp3) is 0.571. The van der Waals surface area contributed by atoms with Crippen LogP contribution in [0.15, 0.2) is 12.1 Å². The minimum absolute atomic E-state index is 0.0433. The average molecular weight is 222 g/mol. The van der Waals surface area contributed by atoms with Crippen molar-refractivity contribution >= 4 is 0 Å². The number of benzene rings is 1. The van der Waals surface area contributed by atoms with Crippen molar-refractivity contribution in [2.75, 3.05) is 6.67 Å². The van der Waals surface area contributed by atoms with Crippen LogP contribution < -0.4 is 0 Å². The maximum absolute atomic E-state index is 13.0. The van der Waals surface area contributed by atoms with Gasteiger partial charge in [0.05, 0.1) is 6.67 Å². The molecule has 0 amide bonds. The summed E-state index contributed by atoms with van der Waals surface area (Å²) < 4.78 is 13.0. The van der Waals surface area contributed by atoms with Crippen LogP contribution in [0.25, 0.3) is 0 Å². The number of hydrogen-bond donors (Lipinski definition) is 1. The summed E-state index contributed by atoms with van der Waals surface area (Å²) in [5, 5.41) is 9.68. The second-order valence-electron chi connectivity index (χ2n) is 5.01. The highest BCUT2D eigenvalue weighted by atomic mass is 19.1. The standard InChI is InChI=1S/C14H19FO/c1-9(2)13-7-12(16)6-10-4-3-5-11(8-15)14(10)13/h6-7,9,11,16H,3-5,8H2,1-2H3. The van der Waals surface area contributed by atoms with E-state index in [-0.39, 0.29) is 12.6 Å². The molecular formula is C14H19FO. The second-order valence-corrected chi connectivity index (χ2v) is 5.01. The third-order valence-corrected chi connectivity index (χ3v) is 3.50. The monoisotopic (exact) mass is 222 g/mol. The number of hydrogen-bond acceptors (Lipinski definition) is 1. The van der Waals surface area contributed by atoms with E-state index < -0.39 is 0 Å². The van der Waals surface area contributed by atoms with Crippen molar-refractivity contribution in [1.29, 1.82) is 0 Å². The van der Waals surface area contributed by atoms with Crippen molar-refractivity contribution in [1.82, 2.24) is 0 Å². The molecule has 88 valence electrons. The maximum atomic E-state index is 13.0. The van der Waals surface area contributed by atoms with Crippen molar-refractivity contribution in [3.8, 4) is 5.75 Å². The minimum atomic E-state index is -0.280. The molecule has 0 heterocycles. The predicted octanol–water partition coefficient (Wildman–Crippen LogP) is 3.91. The third kappa shape index (κ3) is 1.93. The molecule has 1 nitrogen and oxygen atoms in total. The molecule has 0 spiro atoms. The first-order chi connectivity index (χ1) is 7.63. The van der Waals surface area contributed by atoms with Gasteiger partial charge in [0.15, 0.2) is 0 Å². The van der Waals surface area contributed by atoms with Crippen molar-refractivity contribution in [3.05, 3.63) is 28.8 Å². The number of aromatic hydroxyl groups is 1. The molecule has 0 aliphatic heterocycles. The molecule has 2 rings (SSSR count). The highest BCUT2D eigenvalue weighted by Gasteiger charge is 2.24. The summed E-state index contributed by atoms with van der Waals surface area (Å²) in [5.74, 6) is 0.705. The summed E-state index contributed by atoms with van der Waals surface area (Å²) in [4.78, 5) is 0. The molecule has 1 aliphatic rings. The van der Waals surface area contributed by atoms with Gasteiger partial charge in [0.2, 0.25) is 0 Å². The zero-order chi connectivity index (χ0) is 11.7. The molecule has 0 bridgehead atoms. The fourth-order valence-corrected chi connectivity index (χ4v) is 2.74. The molecule has 1 aliphatic carbocycles. The van der Waals surface area contributed by atoms with Gasteiger partial charge in [-0.25, -0.2) is 0 Å². The molecule has 1 atom stereocenters. The molecule has 1 unspecified atom stereocenters. The molecule has 0 radical (unpaired) electrons. The van der Waals surface area contributed by atoms with Gasteiger partial charge in [-0.3, -0.25) is 4.39 Å². The molecule has 0 saturated carbocycles. The largest absolute Gasteiger partial charge is 0.508 e. The summed E-state index contributed by atoms with van der Waals surface area (Å²) in [6.45, 7) is 3.91. The Labute approximate surface area is 96.3 Å². The molecule has 0 saturated heterocycles. The van der Waals surface area contributed by atoms with Gasteiger partial charge in [0, 0.05) is 5.92 Å². The lowest BCUT2D eigenvalue weighted by Crippen LogP contribution is -2.14. The Hall–Kier alpha value is -1.05. The van der Waals surface area contributed by atoms with E-state index in [2.05, 4.69) is 13.8 Å². The summed E-state index contributed by atoms with van der Waals surface area (Å²) in [5.41, 5.74) is 3.44. The van der Waals surface area contributed by atoms with Gasteiger partial charge in [0.1, 0.15) is 5.75 Å². The van der Waals surface area contributed by atoms with E-state index in [1.54, 1.807) is 6.07 Å². The molecule has 0 aromatic heterocycles. The SMILES string of the molecule is CC(C)c1cc(O)cc2c1C(CF)CCC2. The molecule has 1 N–H and O–H groups in total. The summed E-state index contributed by atoms with van der Waals surface area (Å²) in [6, 6.07) is 3.61. The van der Waals surface area contributed by atoms with Crippen LogP contribution in [0.5, 0.6) is 5.75 Å². The fourth-order valence-electron chi connectivity index (χ4n) is 2.74. The summed E-state index contributed by atoms with van der Waals surface area (Å²) >= 11 is 0. The smallest absolute Gasteiger partial charge is 0.116 e. The predicted molar refractivity (Wildman–Crippen MR) is 63.8 cm³/mol. The van der Waals surface area contributed by atoms with Gasteiger partial charge in [-0.05, 0) is 54.0 Å². The van der Waals surface area contributed by atoms with Crippen LogP contribution in [0.2, 0.25) is 0 Å². The van der Waals surface area contributed by atoms with E-state index in [0.29, 0.717) is 11.7 Å². The number of phenols is 1. The van der Waals surface area contributed by atoms with Crippen LogP contribution in [0.3, 0.4) is 0 Å². The van der Waals surface area contributed by atoms with Gasteiger partial charge in [-0.15, -0.1) is 0 Å². The van der Waals surface area contributed by atoms with Crippen LogP contribution >= 0.6 is 0 Å². The number of fused-ring (bicyclic) bond motifs is 1. The molecule has 1 aromatic rings. The highest BCUT2D eigenvalue weighted by molar-refractivity contribution is 5.46. The van der Waals surface area contributed by atoms with Gasteiger partial charge >= 0.3 is 0 Å². The van der Waals surface area contributed by atoms with Crippen LogP contribution in [0.1, 0.15) is 55.2 Å². The number of halogens is 1. The van der Waals surface area contributed by atoms with Gasteiger partial charge in [0.25, 0.3) is 0 Å². The summed E-state index contributed by atoms with van der Waals surface area (Å²) in [7, 11) is 0. The Bertz CT molecular complexity index is 385. The topological polar surface area (TPSA) is 20.2 Å². The van der Waals surface area contributed by atoms with E-state index in [0.717, 1.165) is 30.4 Å². The minimum Gasteiger partial charge on any atom is -0.508 e. The van der Waals surface area contributed by atoms with E-state index in [1.165, 1.54) is 5.56 Å². The number of alkyl halides is 1. The van der Waals surface area contributed by atoms with Crippen LogP contribution in [-0.2, 0) is 6.42 Å². The van der Waals surface area contributed by atoms with Crippen molar-refractivity contribution in [2.24, 2.45) is 0 Å². The van der Waals surface area contributed by atoms with E-state index in [4.69, 9.17) is 0 Å².